The van der Waals surface area contributed by atoms with Gasteiger partial charge in [-0.05, 0) is 42.5 Å². The predicted molar refractivity (Wildman–Crippen MR) is 114 cm³/mol. The van der Waals surface area contributed by atoms with E-state index in [0.29, 0.717) is 28.2 Å². The number of hydrogen-bond acceptors (Lipinski definition) is 4. The molecule has 0 unspecified atom stereocenters. The fraction of sp³-hybridized carbons (Fsp3) is 0.105. The maximum absolute atomic E-state index is 13.2. The Kier molecular flexibility index (Phi) is 6.88. The number of amides is 1. The second-order valence-electron chi connectivity index (χ2n) is 5.67. The Bertz CT molecular complexity index is 1010. The Balaban J connectivity index is 1.72. The molecule has 0 radical (unpaired) electrons. The van der Waals surface area contributed by atoms with Crippen LogP contribution >= 0.6 is 39.3 Å². The van der Waals surface area contributed by atoms with Crippen LogP contribution in [0.4, 0.5) is 10.1 Å². The summed E-state index contributed by atoms with van der Waals surface area (Å²) in [5, 5.41) is 12.1. The SMILES string of the molecule is C=CCn1c(SCC(=O)Nc2ccc(Br)cc2Cl)nnc1-c1ccc(F)cc1. The summed E-state index contributed by atoms with van der Waals surface area (Å²) in [5.41, 5.74) is 1.27. The summed E-state index contributed by atoms with van der Waals surface area (Å²) in [6.07, 6.45) is 1.71. The Morgan fingerprint density at radius 2 is 2.04 bits per heavy atom. The highest BCUT2D eigenvalue weighted by Crippen LogP contribution is 2.27. The van der Waals surface area contributed by atoms with Crippen LogP contribution in [0.2, 0.25) is 5.02 Å². The lowest BCUT2D eigenvalue weighted by Crippen LogP contribution is -2.15. The van der Waals surface area contributed by atoms with Gasteiger partial charge in [-0.15, -0.1) is 16.8 Å². The van der Waals surface area contributed by atoms with E-state index >= 15 is 0 Å². The molecule has 3 rings (SSSR count). The molecule has 5 nitrogen and oxygen atoms in total. The Hall–Kier alpha value is -2.16. The van der Waals surface area contributed by atoms with Crippen molar-refractivity contribution in [2.24, 2.45) is 0 Å². The van der Waals surface area contributed by atoms with Gasteiger partial charge in [-0.2, -0.15) is 0 Å². The van der Waals surface area contributed by atoms with Crippen LogP contribution in [0.5, 0.6) is 0 Å². The third kappa shape index (κ3) is 5.01. The molecule has 144 valence electrons. The second-order valence-corrected chi connectivity index (χ2v) is 7.94. The van der Waals surface area contributed by atoms with Gasteiger partial charge in [0.2, 0.25) is 5.91 Å². The van der Waals surface area contributed by atoms with Crippen LogP contribution in [0.1, 0.15) is 0 Å². The van der Waals surface area contributed by atoms with Gasteiger partial charge in [0.05, 0.1) is 16.5 Å². The van der Waals surface area contributed by atoms with Crippen molar-refractivity contribution in [3.8, 4) is 11.4 Å². The van der Waals surface area contributed by atoms with Crippen molar-refractivity contribution in [2.75, 3.05) is 11.1 Å². The van der Waals surface area contributed by atoms with Crippen molar-refractivity contribution in [1.29, 1.82) is 0 Å². The lowest BCUT2D eigenvalue weighted by molar-refractivity contribution is -0.113. The summed E-state index contributed by atoms with van der Waals surface area (Å²) in [6, 6.07) is 11.2. The Morgan fingerprint density at radius 1 is 1.29 bits per heavy atom. The molecular formula is C19H15BrClFN4OS. The smallest absolute Gasteiger partial charge is 0.234 e. The first-order valence-corrected chi connectivity index (χ1v) is 10.3. The molecule has 0 atom stereocenters. The number of allylic oxidation sites excluding steroid dienone is 1. The molecule has 0 fully saturated rings. The molecule has 0 aliphatic rings. The molecule has 2 aromatic carbocycles. The van der Waals surface area contributed by atoms with Gasteiger partial charge in [-0.1, -0.05) is 45.4 Å². The van der Waals surface area contributed by atoms with Gasteiger partial charge in [0.25, 0.3) is 0 Å². The third-order valence-corrected chi connectivity index (χ3v) is 5.44. The predicted octanol–water partition coefficient (Wildman–Crippen LogP) is 5.42. The van der Waals surface area contributed by atoms with Gasteiger partial charge in [0.1, 0.15) is 5.82 Å². The topological polar surface area (TPSA) is 59.8 Å². The highest BCUT2D eigenvalue weighted by Gasteiger charge is 2.15. The van der Waals surface area contributed by atoms with Crippen LogP contribution in [0, 0.1) is 5.82 Å². The number of nitrogens with one attached hydrogen (secondary N) is 1. The van der Waals surface area contributed by atoms with E-state index in [-0.39, 0.29) is 17.5 Å². The van der Waals surface area contributed by atoms with Crippen LogP contribution in [-0.2, 0) is 11.3 Å². The van der Waals surface area contributed by atoms with E-state index in [0.717, 1.165) is 10.0 Å². The zero-order chi connectivity index (χ0) is 20.1. The Morgan fingerprint density at radius 3 is 2.71 bits per heavy atom. The zero-order valence-corrected chi connectivity index (χ0v) is 17.7. The molecule has 0 aliphatic carbocycles. The summed E-state index contributed by atoms with van der Waals surface area (Å²) in [6.45, 7) is 4.21. The first-order valence-electron chi connectivity index (χ1n) is 8.15. The van der Waals surface area contributed by atoms with Gasteiger partial charge in [0.15, 0.2) is 11.0 Å². The van der Waals surface area contributed by atoms with Gasteiger partial charge >= 0.3 is 0 Å². The number of anilines is 1. The van der Waals surface area contributed by atoms with Crippen LogP contribution in [0.25, 0.3) is 11.4 Å². The molecule has 0 saturated carbocycles. The lowest BCUT2D eigenvalue weighted by Gasteiger charge is -2.09. The van der Waals surface area contributed by atoms with Crippen LogP contribution in [-0.4, -0.2) is 26.4 Å². The van der Waals surface area contributed by atoms with Crippen LogP contribution < -0.4 is 5.32 Å². The number of rotatable bonds is 7. The summed E-state index contributed by atoms with van der Waals surface area (Å²) >= 11 is 10.7. The van der Waals surface area contributed by atoms with Gasteiger partial charge in [-0.25, -0.2) is 4.39 Å². The number of thioether (sulfide) groups is 1. The zero-order valence-electron chi connectivity index (χ0n) is 14.5. The summed E-state index contributed by atoms with van der Waals surface area (Å²) in [7, 11) is 0. The molecule has 1 heterocycles. The van der Waals surface area contributed by atoms with Gasteiger partial charge in [-0.3, -0.25) is 9.36 Å². The monoisotopic (exact) mass is 480 g/mol. The molecule has 1 amide bonds. The number of hydrogen-bond donors (Lipinski definition) is 1. The molecule has 0 aliphatic heterocycles. The van der Waals surface area contributed by atoms with E-state index in [1.807, 2.05) is 4.57 Å². The van der Waals surface area contributed by atoms with Crippen LogP contribution in [0.15, 0.2) is 64.7 Å². The average molecular weight is 482 g/mol. The largest absolute Gasteiger partial charge is 0.324 e. The highest BCUT2D eigenvalue weighted by molar-refractivity contribution is 9.10. The van der Waals surface area contributed by atoms with E-state index in [1.54, 1.807) is 36.4 Å². The molecule has 1 aromatic heterocycles. The maximum Gasteiger partial charge on any atom is 0.234 e. The van der Waals surface area contributed by atoms with E-state index in [4.69, 9.17) is 11.6 Å². The highest BCUT2D eigenvalue weighted by atomic mass is 79.9. The quantitative estimate of drug-likeness (QED) is 0.362. The lowest BCUT2D eigenvalue weighted by atomic mass is 10.2. The molecule has 0 bridgehead atoms. The van der Waals surface area contributed by atoms with E-state index in [2.05, 4.69) is 38.0 Å². The summed E-state index contributed by atoms with van der Waals surface area (Å²) in [5.74, 6) is 0.173. The number of nitrogens with zero attached hydrogens (tertiary/aromatic N) is 3. The van der Waals surface area contributed by atoms with Crippen molar-refractivity contribution in [3.05, 3.63) is 70.4 Å². The summed E-state index contributed by atoms with van der Waals surface area (Å²) in [4.78, 5) is 12.3. The molecule has 0 saturated heterocycles. The van der Waals surface area contributed by atoms with E-state index in [9.17, 15) is 9.18 Å². The standard InChI is InChI=1S/C19H15BrClFN4OS/c1-2-9-26-18(12-3-6-14(22)7-4-12)24-25-19(26)28-11-17(27)23-16-8-5-13(20)10-15(16)21/h2-8,10H,1,9,11H2,(H,23,27). The minimum atomic E-state index is -0.323. The van der Waals surface area contributed by atoms with E-state index < -0.39 is 0 Å². The Labute approximate surface area is 179 Å². The molecule has 28 heavy (non-hydrogen) atoms. The number of carbonyl (C=O) groups excluding carboxylic acids is 1. The van der Waals surface area contributed by atoms with Gasteiger partial charge < -0.3 is 5.32 Å². The van der Waals surface area contributed by atoms with Crippen molar-refractivity contribution >= 4 is 50.9 Å². The van der Waals surface area contributed by atoms with Crippen molar-refractivity contribution in [2.45, 2.75) is 11.7 Å². The van der Waals surface area contributed by atoms with Crippen molar-refractivity contribution in [1.82, 2.24) is 14.8 Å². The number of aromatic nitrogens is 3. The molecule has 3 aromatic rings. The van der Waals surface area contributed by atoms with Crippen LogP contribution in [0.3, 0.4) is 0 Å². The average Bonchev–Trinajstić information content (AvgIpc) is 3.06. The molecular weight excluding hydrogens is 467 g/mol. The molecule has 0 spiro atoms. The first-order chi connectivity index (χ1) is 13.5. The second kappa shape index (κ2) is 9.36. The normalized spacial score (nSPS) is 10.7. The third-order valence-electron chi connectivity index (χ3n) is 3.67. The minimum absolute atomic E-state index is 0.130. The van der Waals surface area contributed by atoms with Crippen molar-refractivity contribution < 1.29 is 9.18 Å². The van der Waals surface area contributed by atoms with E-state index in [1.165, 1.54) is 23.9 Å². The minimum Gasteiger partial charge on any atom is -0.324 e. The fourth-order valence-electron chi connectivity index (χ4n) is 2.41. The molecule has 9 heteroatoms. The number of carbonyl (C=O) groups is 1. The molecule has 1 N–H and O–H groups in total. The number of benzene rings is 2. The van der Waals surface area contributed by atoms with Gasteiger partial charge in [0, 0.05) is 16.6 Å². The number of halogens is 3. The summed E-state index contributed by atoms with van der Waals surface area (Å²) < 4.78 is 15.8. The fourth-order valence-corrected chi connectivity index (χ4v) is 3.88. The van der Waals surface area contributed by atoms with Crippen molar-refractivity contribution in [3.63, 3.8) is 0 Å². The first kappa shape index (κ1) is 20.6. The maximum atomic E-state index is 13.2.